The number of hydrogen-bond acceptors (Lipinski definition) is 5. The first-order valence-electron chi connectivity index (χ1n) is 6.23. The molecule has 7 nitrogen and oxygen atoms in total. The Bertz CT molecular complexity index is 630. The SMILES string of the molecule is Cc1ccc(N2CCC(NS(C)(=O)=O)C2)c([N+](=O)[O-])c1. The first-order chi connectivity index (χ1) is 9.26. The fourth-order valence-electron chi connectivity index (χ4n) is 2.43. The Hall–Kier alpha value is -1.67. The number of aryl methyl sites for hydroxylation is 1. The normalized spacial score (nSPS) is 19.3. The minimum absolute atomic E-state index is 0.0602. The highest BCUT2D eigenvalue weighted by molar-refractivity contribution is 7.88. The van der Waals surface area contributed by atoms with E-state index in [0.29, 0.717) is 25.2 Å². The van der Waals surface area contributed by atoms with E-state index in [2.05, 4.69) is 4.72 Å². The zero-order valence-electron chi connectivity index (χ0n) is 11.4. The Balaban J connectivity index is 2.20. The Morgan fingerprint density at radius 1 is 1.45 bits per heavy atom. The number of hydrogen-bond donors (Lipinski definition) is 1. The first-order valence-corrected chi connectivity index (χ1v) is 8.13. The van der Waals surface area contributed by atoms with Gasteiger partial charge in [0, 0.05) is 25.2 Å². The van der Waals surface area contributed by atoms with Gasteiger partial charge in [0.1, 0.15) is 5.69 Å². The minimum Gasteiger partial charge on any atom is -0.364 e. The van der Waals surface area contributed by atoms with Crippen LogP contribution in [0.2, 0.25) is 0 Å². The molecular formula is C12H17N3O4S. The number of nitrogens with one attached hydrogen (secondary N) is 1. The largest absolute Gasteiger partial charge is 0.364 e. The number of nitrogens with zero attached hydrogens (tertiary/aromatic N) is 2. The molecule has 1 N–H and O–H groups in total. The first kappa shape index (κ1) is 14.7. The van der Waals surface area contributed by atoms with Gasteiger partial charge in [0.05, 0.1) is 11.2 Å². The summed E-state index contributed by atoms with van der Waals surface area (Å²) in [5, 5.41) is 11.1. The van der Waals surface area contributed by atoms with Crippen LogP contribution in [0, 0.1) is 17.0 Å². The van der Waals surface area contributed by atoms with Gasteiger partial charge < -0.3 is 4.90 Å². The van der Waals surface area contributed by atoms with Gasteiger partial charge in [-0.2, -0.15) is 0 Å². The summed E-state index contributed by atoms with van der Waals surface area (Å²) in [5.74, 6) is 0. The number of benzene rings is 1. The van der Waals surface area contributed by atoms with Crippen molar-refractivity contribution in [2.75, 3.05) is 24.2 Å². The Morgan fingerprint density at radius 3 is 2.75 bits per heavy atom. The van der Waals surface area contributed by atoms with Crippen LogP contribution in [0.15, 0.2) is 18.2 Å². The van der Waals surface area contributed by atoms with E-state index in [0.717, 1.165) is 11.8 Å². The summed E-state index contributed by atoms with van der Waals surface area (Å²) in [4.78, 5) is 12.6. The van der Waals surface area contributed by atoms with Gasteiger partial charge in [-0.15, -0.1) is 0 Å². The second-order valence-electron chi connectivity index (χ2n) is 5.07. The summed E-state index contributed by atoms with van der Waals surface area (Å²) >= 11 is 0. The quantitative estimate of drug-likeness (QED) is 0.662. The molecule has 1 saturated heterocycles. The summed E-state index contributed by atoms with van der Waals surface area (Å²) in [6, 6.07) is 4.87. The van der Waals surface area contributed by atoms with Gasteiger partial charge in [-0.05, 0) is 25.0 Å². The third-order valence-electron chi connectivity index (χ3n) is 3.24. The Labute approximate surface area is 117 Å². The molecule has 20 heavy (non-hydrogen) atoms. The smallest absolute Gasteiger partial charge is 0.292 e. The molecule has 0 saturated carbocycles. The van der Waals surface area contributed by atoms with Crippen molar-refractivity contribution in [3.63, 3.8) is 0 Å². The second kappa shape index (κ2) is 5.37. The molecule has 0 spiro atoms. The van der Waals surface area contributed by atoms with E-state index in [-0.39, 0.29) is 11.7 Å². The lowest BCUT2D eigenvalue weighted by molar-refractivity contribution is -0.384. The third-order valence-corrected chi connectivity index (χ3v) is 4.00. The highest BCUT2D eigenvalue weighted by Crippen LogP contribution is 2.31. The van der Waals surface area contributed by atoms with Crippen molar-refractivity contribution in [1.82, 2.24) is 4.72 Å². The van der Waals surface area contributed by atoms with Gasteiger partial charge in [-0.25, -0.2) is 13.1 Å². The molecule has 2 rings (SSSR count). The summed E-state index contributed by atoms with van der Waals surface area (Å²) in [7, 11) is -3.26. The zero-order valence-corrected chi connectivity index (χ0v) is 12.2. The van der Waals surface area contributed by atoms with E-state index in [1.807, 2.05) is 11.0 Å². The predicted octanol–water partition coefficient (Wildman–Crippen LogP) is 1.03. The Morgan fingerprint density at radius 2 is 2.15 bits per heavy atom. The topological polar surface area (TPSA) is 92.6 Å². The maximum atomic E-state index is 11.2. The van der Waals surface area contributed by atoms with Gasteiger partial charge in [0.25, 0.3) is 5.69 Å². The number of sulfonamides is 1. The molecule has 1 unspecified atom stereocenters. The number of anilines is 1. The highest BCUT2D eigenvalue weighted by atomic mass is 32.2. The van der Waals surface area contributed by atoms with Crippen LogP contribution in [0.3, 0.4) is 0 Å². The number of rotatable bonds is 4. The summed E-state index contributed by atoms with van der Waals surface area (Å²) in [5.41, 5.74) is 1.42. The molecule has 110 valence electrons. The zero-order chi connectivity index (χ0) is 14.9. The molecule has 1 aliphatic heterocycles. The van der Waals surface area contributed by atoms with Crippen molar-refractivity contribution in [3.8, 4) is 0 Å². The minimum atomic E-state index is -3.26. The average Bonchev–Trinajstić information content (AvgIpc) is 2.74. The summed E-state index contributed by atoms with van der Waals surface area (Å²) < 4.78 is 25.0. The third kappa shape index (κ3) is 3.45. The van der Waals surface area contributed by atoms with Crippen LogP contribution < -0.4 is 9.62 Å². The van der Waals surface area contributed by atoms with Crippen LogP contribution in [0.1, 0.15) is 12.0 Å². The molecule has 0 aromatic heterocycles. The van der Waals surface area contributed by atoms with E-state index >= 15 is 0 Å². The van der Waals surface area contributed by atoms with E-state index in [1.165, 1.54) is 6.07 Å². The van der Waals surface area contributed by atoms with Gasteiger partial charge in [0.15, 0.2) is 0 Å². The standard InChI is InChI=1S/C12H17N3O4S/c1-9-3-4-11(12(7-9)15(16)17)14-6-5-10(8-14)13-20(2,18)19/h3-4,7,10,13H,5-6,8H2,1-2H3. The maximum Gasteiger partial charge on any atom is 0.292 e. The van der Waals surface area contributed by atoms with Crippen molar-refractivity contribution in [2.24, 2.45) is 0 Å². The molecule has 1 fully saturated rings. The fraction of sp³-hybridized carbons (Fsp3) is 0.500. The van der Waals surface area contributed by atoms with Crippen molar-refractivity contribution < 1.29 is 13.3 Å². The van der Waals surface area contributed by atoms with Crippen LogP contribution in [0.25, 0.3) is 0 Å². The lowest BCUT2D eigenvalue weighted by Gasteiger charge is -2.19. The molecule has 0 radical (unpaired) electrons. The molecule has 8 heteroatoms. The fourth-order valence-corrected chi connectivity index (χ4v) is 3.22. The summed E-state index contributed by atoms with van der Waals surface area (Å²) in [6.07, 6.45) is 1.75. The van der Waals surface area contributed by atoms with E-state index in [4.69, 9.17) is 0 Å². The van der Waals surface area contributed by atoms with Crippen molar-refractivity contribution in [1.29, 1.82) is 0 Å². The molecular weight excluding hydrogens is 282 g/mol. The molecule has 1 atom stereocenters. The predicted molar refractivity (Wildman–Crippen MR) is 76.4 cm³/mol. The number of nitro groups is 1. The van der Waals surface area contributed by atoms with Gasteiger partial charge in [-0.1, -0.05) is 6.07 Å². The molecule has 1 aromatic carbocycles. The van der Waals surface area contributed by atoms with Gasteiger partial charge in [0.2, 0.25) is 10.0 Å². The molecule has 0 aliphatic carbocycles. The van der Waals surface area contributed by atoms with E-state index in [9.17, 15) is 18.5 Å². The van der Waals surface area contributed by atoms with Gasteiger partial charge in [-0.3, -0.25) is 10.1 Å². The molecule has 1 aromatic rings. The van der Waals surface area contributed by atoms with Crippen LogP contribution in [0.5, 0.6) is 0 Å². The monoisotopic (exact) mass is 299 g/mol. The van der Waals surface area contributed by atoms with Crippen molar-refractivity contribution >= 4 is 21.4 Å². The van der Waals surface area contributed by atoms with Crippen LogP contribution in [-0.4, -0.2) is 38.7 Å². The molecule has 0 bridgehead atoms. The molecule has 1 heterocycles. The molecule has 0 amide bonds. The highest BCUT2D eigenvalue weighted by Gasteiger charge is 2.28. The van der Waals surface area contributed by atoms with E-state index in [1.54, 1.807) is 13.0 Å². The molecule has 1 aliphatic rings. The van der Waals surface area contributed by atoms with Gasteiger partial charge >= 0.3 is 0 Å². The van der Waals surface area contributed by atoms with Crippen LogP contribution in [0.4, 0.5) is 11.4 Å². The van der Waals surface area contributed by atoms with Crippen molar-refractivity contribution in [2.45, 2.75) is 19.4 Å². The lowest BCUT2D eigenvalue weighted by atomic mass is 10.2. The second-order valence-corrected chi connectivity index (χ2v) is 6.85. The average molecular weight is 299 g/mol. The lowest BCUT2D eigenvalue weighted by Crippen LogP contribution is -2.36. The number of nitro benzene ring substituents is 1. The summed E-state index contributed by atoms with van der Waals surface area (Å²) in [6.45, 7) is 2.84. The maximum absolute atomic E-state index is 11.2. The van der Waals surface area contributed by atoms with E-state index < -0.39 is 14.9 Å². The Kier molecular flexibility index (Phi) is 3.96. The van der Waals surface area contributed by atoms with Crippen molar-refractivity contribution in [3.05, 3.63) is 33.9 Å². The van der Waals surface area contributed by atoms with Crippen LogP contribution >= 0.6 is 0 Å². The van der Waals surface area contributed by atoms with Crippen LogP contribution in [-0.2, 0) is 10.0 Å².